The van der Waals surface area contributed by atoms with E-state index in [1.54, 1.807) is 12.3 Å². The summed E-state index contributed by atoms with van der Waals surface area (Å²) in [5, 5.41) is 0. The molecule has 0 N–H and O–H groups in total. The van der Waals surface area contributed by atoms with Crippen LogP contribution in [0.1, 0.15) is 27.8 Å². The summed E-state index contributed by atoms with van der Waals surface area (Å²) in [5.74, 6) is -0.409. The third-order valence-corrected chi connectivity index (χ3v) is 2.17. The van der Waals surface area contributed by atoms with Gasteiger partial charge in [-0.25, -0.2) is 9.78 Å². The first kappa shape index (κ1) is 10.2. The highest BCUT2D eigenvalue weighted by molar-refractivity contribution is 9.09. The number of esters is 1. The van der Waals surface area contributed by atoms with Crippen LogP contribution in [-0.4, -0.2) is 18.1 Å². The van der Waals surface area contributed by atoms with Gasteiger partial charge >= 0.3 is 5.97 Å². The number of aromatic nitrogens is 1. The Morgan fingerprint density at radius 1 is 1.62 bits per heavy atom. The Hall–Kier alpha value is -0.900. The van der Waals surface area contributed by atoms with Crippen molar-refractivity contribution in [1.29, 1.82) is 0 Å². The monoisotopic (exact) mass is 243 g/mol. The van der Waals surface area contributed by atoms with Crippen LogP contribution in [0, 0.1) is 0 Å². The van der Waals surface area contributed by atoms with Gasteiger partial charge in [-0.15, -0.1) is 0 Å². The van der Waals surface area contributed by atoms with Gasteiger partial charge in [-0.1, -0.05) is 22.0 Å². The Balaban J connectivity index is 2.87. The minimum Gasteiger partial charge on any atom is -0.464 e. The van der Waals surface area contributed by atoms with E-state index in [4.69, 9.17) is 0 Å². The maximum Gasteiger partial charge on any atom is 0.356 e. The Bertz CT molecular complexity index is 295. The summed E-state index contributed by atoms with van der Waals surface area (Å²) in [5.41, 5.74) is 1.37. The van der Waals surface area contributed by atoms with Crippen molar-refractivity contribution in [3.63, 3.8) is 0 Å². The average Bonchev–Trinajstić information content (AvgIpc) is 2.17. The zero-order valence-electron chi connectivity index (χ0n) is 7.45. The zero-order valence-corrected chi connectivity index (χ0v) is 9.04. The van der Waals surface area contributed by atoms with Gasteiger partial charge < -0.3 is 4.74 Å². The van der Waals surface area contributed by atoms with E-state index in [9.17, 15) is 4.79 Å². The van der Waals surface area contributed by atoms with Crippen molar-refractivity contribution in [2.45, 2.75) is 11.8 Å². The van der Waals surface area contributed by atoms with E-state index in [0.717, 1.165) is 5.56 Å². The molecular formula is C9H10BrNO2. The summed E-state index contributed by atoms with van der Waals surface area (Å²) >= 11 is 3.40. The number of alkyl halides is 1. The maximum absolute atomic E-state index is 11.0. The highest BCUT2D eigenvalue weighted by Crippen LogP contribution is 2.20. The predicted molar refractivity (Wildman–Crippen MR) is 52.9 cm³/mol. The van der Waals surface area contributed by atoms with Gasteiger partial charge in [0.1, 0.15) is 5.69 Å². The highest BCUT2D eigenvalue weighted by Gasteiger charge is 2.07. The number of halogens is 1. The van der Waals surface area contributed by atoms with E-state index in [2.05, 4.69) is 25.7 Å². The number of nitrogens with zero attached hydrogens (tertiary/aromatic N) is 1. The molecule has 0 fully saturated rings. The van der Waals surface area contributed by atoms with Crippen LogP contribution in [0.15, 0.2) is 18.3 Å². The molecule has 1 rings (SSSR count). The van der Waals surface area contributed by atoms with Gasteiger partial charge in [0.05, 0.1) is 7.11 Å². The van der Waals surface area contributed by atoms with Gasteiger partial charge in [-0.05, 0) is 18.6 Å². The first-order valence-electron chi connectivity index (χ1n) is 3.83. The number of hydrogen-bond acceptors (Lipinski definition) is 3. The quantitative estimate of drug-likeness (QED) is 0.592. The van der Waals surface area contributed by atoms with Crippen molar-refractivity contribution in [3.8, 4) is 0 Å². The first-order chi connectivity index (χ1) is 6.15. The van der Waals surface area contributed by atoms with Crippen LogP contribution in [-0.2, 0) is 4.74 Å². The zero-order chi connectivity index (χ0) is 9.84. The fourth-order valence-electron chi connectivity index (χ4n) is 0.866. The van der Waals surface area contributed by atoms with Gasteiger partial charge in [-0.3, -0.25) is 0 Å². The van der Waals surface area contributed by atoms with Crippen molar-refractivity contribution < 1.29 is 9.53 Å². The lowest BCUT2D eigenvalue weighted by atomic mass is 10.2. The molecule has 0 saturated heterocycles. The molecule has 1 atom stereocenters. The molecule has 0 aliphatic rings. The Labute approximate surface area is 85.3 Å². The standard InChI is InChI=1S/C9H10BrNO2/c1-6(10)7-3-4-8(11-5-7)9(12)13-2/h3-6H,1-2H3. The van der Waals surface area contributed by atoms with Gasteiger partial charge in [0.15, 0.2) is 0 Å². The van der Waals surface area contributed by atoms with Crippen LogP contribution in [0.4, 0.5) is 0 Å². The van der Waals surface area contributed by atoms with Crippen molar-refractivity contribution in [2.24, 2.45) is 0 Å². The fraction of sp³-hybridized carbons (Fsp3) is 0.333. The van der Waals surface area contributed by atoms with Crippen molar-refractivity contribution >= 4 is 21.9 Å². The summed E-state index contributed by atoms with van der Waals surface area (Å²) in [6.45, 7) is 1.99. The van der Waals surface area contributed by atoms with Gasteiger partial charge in [0.25, 0.3) is 0 Å². The van der Waals surface area contributed by atoms with E-state index in [-0.39, 0.29) is 4.83 Å². The molecule has 1 aromatic heterocycles. The van der Waals surface area contributed by atoms with E-state index >= 15 is 0 Å². The third-order valence-electron chi connectivity index (χ3n) is 1.64. The van der Waals surface area contributed by atoms with Crippen LogP contribution < -0.4 is 0 Å². The lowest BCUT2D eigenvalue weighted by Gasteiger charge is -2.03. The summed E-state index contributed by atoms with van der Waals surface area (Å²) in [6.07, 6.45) is 1.66. The van der Waals surface area contributed by atoms with Crippen LogP contribution >= 0.6 is 15.9 Å². The minimum atomic E-state index is -0.409. The lowest BCUT2D eigenvalue weighted by Crippen LogP contribution is -2.04. The van der Waals surface area contributed by atoms with Crippen molar-refractivity contribution in [1.82, 2.24) is 4.98 Å². The number of pyridine rings is 1. The molecule has 0 saturated carbocycles. The molecule has 1 aromatic rings. The van der Waals surface area contributed by atoms with Gasteiger partial charge in [0, 0.05) is 11.0 Å². The van der Waals surface area contributed by atoms with Crippen molar-refractivity contribution in [2.75, 3.05) is 7.11 Å². The number of ether oxygens (including phenoxy) is 1. The normalized spacial score (nSPS) is 12.2. The smallest absolute Gasteiger partial charge is 0.356 e. The van der Waals surface area contributed by atoms with E-state index < -0.39 is 5.97 Å². The number of hydrogen-bond donors (Lipinski definition) is 0. The molecule has 0 aromatic carbocycles. The topological polar surface area (TPSA) is 39.2 Å². The molecule has 0 aliphatic heterocycles. The SMILES string of the molecule is COC(=O)c1ccc(C(C)Br)cn1. The molecule has 0 bridgehead atoms. The average molecular weight is 244 g/mol. The number of rotatable bonds is 2. The van der Waals surface area contributed by atoms with Crippen LogP contribution in [0.2, 0.25) is 0 Å². The lowest BCUT2D eigenvalue weighted by molar-refractivity contribution is 0.0594. The van der Waals surface area contributed by atoms with E-state index in [1.807, 2.05) is 13.0 Å². The molecule has 1 heterocycles. The second kappa shape index (κ2) is 4.37. The molecule has 13 heavy (non-hydrogen) atoms. The maximum atomic E-state index is 11.0. The minimum absolute atomic E-state index is 0.242. The van der Waals surface area contributed by atoms with Gasteiger partial charge in [0.2, 0.25) is 0 Å². The van der Waals surface area contributed by atoms with E-state index in [0.29, 0.717) is 5.69 Å². The summed E-state index contributed by atoms with van der Waals surface area (Å²) < 4.78 is 4.52. The summed E-state index contributed by atoms with van der Waals surface area (Å²) in [4.78, 5) is 15.2. The first-order valence-corrected chi connectivity index (χ1v) is 4.75. The van der Waals surface area contributed by atoms with Crippen molar-refractivity contribution in [3.05, 3.63) is 29.6 Å². The Kier molecular flexibility index (Phi) is 3.42. The molecule has 1 unspecified atom stereocenters. The Morgan fingerprint density at radius 3 is 2.69 bits per heavy atom. The van der Waals surface area contributed by atoms with Gasteiger partial charge in [-0.2, -0.15) is 0 Å². The second-order valence-corrected chi connectivity index (χ2v) is 3.96. The number of carbonyl (C=O) groups is 1. The Morgan fingerprint density at radius 2 is 2.31 bits per heavy atom. The molecule has 4 heteroatoms. The second-order valence-electron chi connectivity index (χ2n) is 2.58. The molecule has 70 valence electrons. The molecule has 0 amide bonds. The molecule has 3 nitrogen and oxygen atoms in total. The highest BCUT2D eigenvalue weighted by atomic mass is 79.9. The molecule has 0 spiro atoms. The van der Waals surface area contributed by atoms with Crippen LogP contribution in [0.5, 0.6) is 0 Å². The number of carbonyl (C=O) groups excluding carboxylic acids is 1. The molecule has 0 aliphatic carbocycles. The largest absolute Gasteiger partial charge is 0.464 e. The summed E-state index contributed by atoms with van der Waals surface area (Å²) in [6, 6.07) is 3.50. The van der Waals surface area contributed by atoms with E-state index in [1.165, 1.54) is 7.11 Å². The summed E-state index contributed by atoms with van der Waals surface area (Å²) in [7, 11) is 1.34. The molecular weight excluding hydrogens is 234 g/mol. The molecule has 0 radical (unpaired) electrons. The van der Waals surface area contributed by atoms with Crippen LogP contribution in [0.3, 0.4) is 0 Å². The predicted octanol–water partition coefficient (Wildman–Crippen LogP) is 2.32. The third kappa shape index (κ3) is 2.52. The number of methoxy groups -OCH3 is 1. The van der Waals surface area contributed by atoms with Crippen LogP contribution in [0.25, 0.3) is 0 Å². The fourth-order valence-corrected chi connectivity index (χ4v) is 1.14.